The van der Waals surface area contributed by atoms with E-state index in [1.807, 2.05) is 13.0 Å². The van der Waals surface area contributed by atoms with Crippen LogP contribution in [0.1, 0.15) is 5.56 Å². The largest absolute Gasteiger partial charge is 0.333 e. The number of rotatable bonds is 1. The van der Waals surface area contributed by atoms with Crippen LogP contribution in [0.2, 0.25) is 5.02 Å². The third kappa shape index (κ3) is 1.94. The molecule has 0 radical (unpaired) electrons. The topological polar surface area (TPSA) is 54.9 Å². The van der Waals surface area contributed by atoms with Crippen LogP contribution in [-0.2, 0) is 0 Å². The minimum atomic E-state index is -0.459. The number of hydrogen-bond donors (Lipinski definition) is 1. The van der Waals surface area contributed by atoms with E-state index in [9.17, 15) is 9.59 Å². The zero-order valence-corrected chi connectivity index (χ0v) is 11.4. The molecule has 100 valence electrons. The van der Waals surface area contributed by atoms with Crippen molar-refractivity contribution in [2.24, 2.45) is 0 Å². The normalized spacial score (nSPS) is 10.9. The van der Waals surface area contributed by atoms with Crippen molar-refractivity contribution in [3.63, 3.8) is 0 Å². The van der Waals surface area contributed by atoms with Crippen molar-refractivity contribution in [1.82, 2.24) is 9.55 Å². The van der Waals surface area contributed by atoms with Crippen LogP contribution in [0.15, 0.2) is 52.1 Å². The van der Waals surface area contributed by atoms with E-state index < -0.39 is 5.69 Å². The molecule has 0 bridgehead atoms. The minimum Gasteiger partial charge on any atom is -0.306 e. The average Bonchev–Trinajstić information content (AvgIpc) is 2.42. The van der Waals surface area contributed by atoms with Crippen LogP contribution in [0.3, 0.4) is 0 Å². The van der Waals surface area contributed by atoms with Gasteiger partial charge in [0, 0.05) is 5.02 Å². The molecule has 0 fully saturated rings. The van der Waals surface area contributed by atoms with Gasteiger partial charge in [0.15, 0.2) is 0 Å². The number of aromatic amines is 1. The van der Waals surface area contributed by atoms with Gasteiger partial charge in [-0.2, -0.15) is 0 Å². The van der Waals surface area contributed by atoms with Gasteiger partial charge in [-0.1, -0.05) is 23.7 Å². The summed E-state index contributed by atoms with van der Waals surface area (Å²) < 4.78 is 1.11. The summed E-state index contributed by atoms with van der Waals surface area (Å²) in [5.74, 6) is 0. The summed E-state index contributed by atoms with van der Waals surface area (Å²) in [5, 5.41) is 1.04. The highest BCUT2D eigenvalue weighted by molar-refractivity contribution is 6.30. The Morgan fingerprint density at radius 3 is 2.45 bits per heavy atom. The summed E-state index contributed by atoms with van der Waals surface area (Å²) in [6.07, 6.45) is 0. The molecule has 3 rings (SSSR count). The Bertz CT molecular complexity index is 908. The highest BCUT2D eigenvalue weighted by Gasteiger charge is 2.10. The molecule has 5 heteroatoms. The van der Waals surface area contributed by atoms with Crippen molar-refractivity contribution < 1.29 is 0 Å². The van der Waals surface area contributed by atoms with Gasteiger partial charge in [0.25, 0.3) is 5.56 Å². The van der Waals surface area contributed by atoms with Gasteiger partial charge in [0.1, 0.15) is 0 Å². The summed E-state index contributed by atoms with van der Waals surface area (Å²) in [6, 6.07) is 11.9. The Labute approximate surface area is 119 Å². The molecular formula is C15H11ClN2O2. The Balaban J connectivity index is 2.41. The summed E-state index contributed by atoms with van der Waals surface area (Å²) >= 11 is 5.82. The van der Waals surface area contributed by atoms with Gasteiger partial charge in [0.05, 0.1) is 16.6 Å². The SMILES string of the molecule is Cc1cccc2c(=O)n(-c3ccc(Cl)cc3)c(=O)[nH]c12. The van der Waals surface area contributed by atoms with E-state index in [4.69, 9.17) is 11.6 Å². The van der Waals surface area contributed by atoms with Gasteiger partial charge in [-0.15, -0.1) is 0 Å². The number of aryl methyl sites for hydroxylation is 1. The lowest BCUT2D eigenvalue weighted by atomic mass is 10.1. The van der Waals surface area contributed by atoms with Crippen molar-refractivity contribution in [2.45, 2.75) is 6.92 Å². The van der Waals surface area contributed by atoms with Gasteiger partial charge in [0.2, 0.25) is 0 Å². The number of H-pyrrole nitrogens is 1. The first kappa shape index (κ1) is 12.7. The van der Waals surface area contributed by atoms with Crippen LogP contribution in [0.5, 0.6) is 0 Å². The third-order valence-corrected chi connectivity index (χ3v) is 3.48. The maximum absolute atomic E-state index is 12.5. The molecule has 0 unspecified atom stereocenters. The molecule has 0 aliphatic carbocycles. The van der Waals surface area contributed by atoms with Crippen molar-refractivity contribution in [3.8, 4) is 5.69 Å². The lowest BCUT2D eigenvalue weighted by molar-refractivity contribution is 0.900. The van der Waals surface area contributed by atoms with E-state index in [1.165, 1.54) is 0 Å². The first-order valence-electron chi connectivity index (χ1n) is 6.08. The number of aromatic nitrogens is 2. The molecule has 2 aromatic carbocycles. The van der Waals surface area contributed by atoms with E-state index in [2.05, 4.69) is 4.98 Å². The van der Waals surface area contributed by atoms with Crippen molar-refractivity contribution in [2.75, 3.05) is 0 Å². The fraction of sp³-hybridized carbons (Fsp3) is 0.0667. The molecule has 0 atom stereocenters. The summed E-state index contributed by atoms with van der Waals surface area (Å²) in [6.45, 7) is 1.85. The van der Waals surface area contributed by atoms with Crippen LogP contribution in [0, 0.1) is 6.92 Å². The highest BCUT2D eigenvalue weighted by Crippen LogP contribution is 2.13. The smallest absolute Gasteiger partial charge is 0.306 e. The van der Waals surface area contributed by atoms with Crippen molar-refractivity contribution in [3.05, 3.63) is 73.9 Å². The number of nitrogens with zero attached hydrogens (tertiary/aromatic N) is 1. The second-order valence-corrected chi connectivity index (χ2v) is 4.98. The fourth-order valence-corrected chi connectivity index (χ4v) is 2.34. The lowest BCUT2D eigenvalue weighted by Gasteiger charge is -2.07. The zero-order valence-electron chi connectivity index (χ0n) is 10.7. The monoisotopic (exact) mass is 286 g/mol. The van der Waals surface area contributed by atoms with Gasteiger partial charge < -0.3 is 4.98 Å². The first-order chi connectivity index (χ1) is 9.58. The summed E-state index contributed by atoms with van der Waals surface area (Å²) in [4.78, 5) is 27.4. The molecule has 1 N–H and O–H groups in total. The van der Waals surface area contributed by atoms with Crippen LogP contribution in [0.25, 0.3) is 16.6 Å². The Kier molecular flexibility index (Phi) is 2.95. The Morgan fingerprint density at radius 2 is 1.75 bits per heavy atom. The lowest BCUT2D eigenvalue weighted by Crippen LogP contribution is -2.33. The van der Waals surface area contributed by atoms with E-state index in [0.717, 1.165) is 10.1 Å². The molecule has 20 heavy (non-hydrogen) atoms. The summed E-state index contributed by atoms with van der Waals surface area (Å²) in [5.41, 5.74) is 1.13. The molecule has 0 aliphatic rings. The predicted molar refractivity (Wildman–Crippen MR) is 79.9 cm³/mol. The second-order valence-electron chi connectivity index (χ2n) is 4.54. The number of hydrogen-bond acceptors (Lipinski definition) is 2. The maximum atomic E-state index is 12.5. The fourth-order valence-electron chi connectivity index (χ4n) is 2.21. The van der Waals surface area contributed by atoms with Crippen LogP contribution < -0.4 is 11.2 Å². The standard InChI is InChI=1S/C15H11ClN2O2/c1-9-3-2-4-12-13(9)17-15(20)18(14(12)19)11-7-5-10(16)6-8-11/h2-8H,1H3,(H,17,20). The number of benzene rings is 2. The van der Waals surface area contributed by atoms with Crippen molar-refractivity contribution in [1.29, 1.82) is 0 Å². The molecule has 0 saturated carbocycles. The Morgan fingerprint density at radius 1 is 1.05 bits per heavy atom. The van der Waals surface area contributed by atoms with Crippen molar-refractivity contribution >= 4 is 22.5 Å². The molecule has 3 aromatic rings. The van der Waals surface area contributed by atoms with Crippen LogP contribution in [0.4, 0.5) is 0 Å². The minimum absolute atomic E-state index is 0.338. The quantitative estimate of drug-likeness (QED) is 0.748. The van der Waals surface area contributed by atoms with E-state index in [0.29, 0.717) is 21.6 Å². The second kappa shape index (κ2) is 4.65. The number of para-hydroxylation sites is 1. The molecule has 0 spiro atoms. The highest BCUT2D eigenvalue weighted by atomic mass is 35.5. The average molecular weight is 287 g/mol. The molecule has 4 nitrogen and oxygen atoms in total. The third-order valence-electron chi connectivity index (χ3n) is 3.23. The van der Waals surface area contributed by atoms with Gasteiger partial charge >= 0.3 is 5.69 Å². The number of fused-ring (bicyclic) bond motifs is 1. The van der Waals surface area contributed by atoms with Gasteiger partial charge in [-0.3, -0.25) is 4.79 Å². The van der Waals surface area contributed by atoms with Crippen LogP contribution in [-0.4, -0.2) is 9.55 Å². The predicted octanol–water partition coefficient (Wildman–Crippen LogP) is 2.64. The van der Waals surface area contributed by atoms with E-state index in [1.54, 1.807) is 36.4 Å². The maximum Gasteiger partial charge on any atom is 0.333 e. The molecule has 0 aliphatic heterocycles. The number of halogens is 1. The molecule has 1 aromatic heterocycles. The van der Waals surface area contributed by atoms with Gasteiger partial charge in [-0.25, -0.2) is 9.36 Å². The number of nitrogens with one attached hydrogen (secondary N) is 1. The van der Waals surface area contributed by atoms with Crippen LogP contribution >= 0.6 is 11.6 Å². The molecule has 1 heterocycles. The van der Waals surface area contributed by atoms with Gasteiger partial charge in [-0.05, 0) is 42.8 Å². The zero-order chi connectivity index (χ0) is 14.3. The van der Waals surface area contributed by atoms with E-state index >= 15 is 0 Å². The molecular weight excluding hydrogens is 276 g/mol. The molecule has 0 amide bonds. The summed E-state index contributed by atoms with van der Waals surface area (Å²) in [7, 11) is 0. The molecule has 0 saturated heterocycles. The Hall–Kier alpha value is -2.33. The van der Waals surface area contributed by atoms with E-state index in [-0.39, 0.29) is 5.56 Å². The first-order valence-corrected chi connectivity index (χ1v) is 6.46.